The van der Waals surface area contributed by atoms with E-state index in [1.807, 2.05) is 0 Å². The number of halogens is 2. The van der Waals surface area contributed by atoms with E-state index in [1.165, 1.54) is 7.05 Å². The van der Waals surface area contributed by atoms with Crippen LogP contribution in [-0.4, -0.2) is 13.1 Å². The van der Waals surface area contributed by atoms with Gasteiger partial charge < -0.3 is 5.32 Å². The third-order valence-corrected chi connectivity index (χ3v) is 2.35. The molecule has 82 valence electrons. The highest BCUT2D eigenvalue weighted by molar-refractivity contribution is 6.42. The summed E-state index contributed by atoms with van der Waals surface area (Å²) in [6.07, 6.45) is 0. The van der Waals surface area contributed by atoms with Gasteiger partial charge in [-0.25, -0.2) is 10.3 Å². The van der Waals surface area contributed by atoms with Crippen molar-refractivity contribution in [3.8, 4) is 0 Å². The number of nitrogens with one attached hydrogen (secondary N) is 2. The van der Waals surface area contributed by atoms with E-state index in [0.717, 1.165) is 5.56 Å². The van der Waals surface area contributed by atoms with E-state index >= 15 is 0 Å². The normalized spacial score (nSPS) is 9.80. The maximum absolute atomic E-state index is 10.7. The molecule has 0 aromatic heterocycles. The van der Waals surface area contributed by atoms with Crippen LogP contribution in [0, 0.1) is 0 Å². The zero-order valence-electron chi connectivity index (χ0n) is 8.01. The molecule has 0 fully saturated rings. The molecule has 15 heavy (non-hydrogen) atoms. The molecule has 4 nitrogen and oxygen atoms in total. The number of rotatable bonds is 3. The lowest BCUT2D eigenvalue weighted by Crippen LogP contribution is -2.32. The standard InChI is InChI=1S/C9H10Cl2N2O2/c1-12-9(14)13-15-5-6-2-3-7(10)8(11)4-6/h2-4H,5H2,1H3,(H2,12,13,14). The van der Waals surface area contributed by atoms with Crippen LogP contribution in [0.1, 0.15) is 5.56 Å². The first-order chi connectivity index (χ1) is 7.13. The fraction of sp³-hybridized carbons (Fsp3) is 0.222. The summed E-state index contributed by atoms with van der Waals surface area (Å²) in [4.78, 5) is 15.6. The summed E-state index contributed by atoms with van der Waals surface area (Å²) in [7, 11) is 1.50. The maximum Gasteiger partial charge on any atom is 0.338 e. The van der Waals surface area contributed by atoms with Crippen LogP contribution in [0.4, 0.5) is 4.79 Å². The second-order valence-electron chi connectivity index (χ2n) is 2.72. The quantitative estimate of drug-likeness (QED) is 0.808. The lowest BCUT2D eigenvalue weighted by Gasteiger charge is -2.05. The molecule has 0 aliphatic rings. The molecule has 6 heteroatoms. The molecule has 0 radical (unpaired) electrons. The van der Waals surface area contributed by atoms with Gasteiger partial charge in [0.2, 0.25) is 0 Å². The Bertz CT molecular complexity index is 358. The van der Waals surface area contributed by atoms with Crippen molar-refractivity contribution in [1.29, 1.82) is 0 Å². The van der Waals surface area contributed by atoms with Crippen LogP contribution >= 0.6 is 23.2 Å². The summed E-state index contributed by atoms with van der Waals surface area (Å²) in [5.41, 5.74) is 3.01. The molecule has 0 aliphatic carbocycles. The Morgan fingerprint density at radius 3 is 2.73 bits per heavy atom. The Balaban J connectivity index is 2.44. The first-order valence-electron chi connectivity index (χ1n) is 4.17. The van der Waals surface area contributed by atoms with Gasteiger partial charge in [-0.1, -0.05) is 29.3 Å². The molecule has 0 saturated carbocycles. The molecule has 0 aliphatic heterocycles. The maximum atomic E-state index is 10.7. The van der Waals surface area contributed by atoms with Crippen molar-refractivity contribution < 1.29 is 9.63 Å². The Hall–Kier alpha value is -0.970. The van der Waals surface area contributed by atoms with Gasteiger partial charge in [-0.05, 0) is 17.7 Å². The molecule has 0 saturated heterocycles. The number of amides is 2. The van der Waals surface area contributed by atoms with Crippen LogP contribution in [0.2, 0.25) is 10.0 Å². The van der Waals surface area contributed by atoms with Crippen molar-refractivity contribution in [2.45, 2.75) is 6.61 Å². The predicted octanol–water partition coefficient (Wildman–Crippen LogP) is 2.35. The Morgan fingerprint density at radius 1 is 1.40 bits per heavy atom. The molecule has 2 amide bonds. The van der Waals surface area contributed by atoms with E-state index < -0.39 is 6.03 Å². The lowest BCUT2D eigenvalue weighted by atomic mass is 10.2. The van der Waals surface area contributed by atoms with E-state index in [1.54, 1.807) is 18.2 Å². The summed E-state index contributed by atoms with van der Waals surface area (Å²) >= 11 is 11.5. The Morgan fingerprint density at radius 2 is 2.13 bits per heavy atom. The van der Waals surface area contributed by atoms with Gasteiger partial charge in [0.25, 0.3) is 0 Å². The van der Waals surface area contributed by atoms with Gasteiger partial charge in [-0.15, -0.1) is 0 Å². The summed E-state index contributed by atoms with van der Waals surface area (Å²) in [5.74, 6) is 0. The highest BCUT2D eigenvalue weighted by atomic mass is 35.5. The number of hydrogen-bond acceptors (Lipinski definition) is 2. The third kappa shape index (κ3) is 3.95. The lowest BCUT2D eigenvalue weighted by molar-refractivity contribution is 0.0497. The largest absolute Gasteiger partial charge is 0.339 e. The molecule has 0 atom stereocenters. The zero-order valence-corrected chi connectivity index (χ0v) is 9.52. The number of carbonyl (C=O) groups excluding carboxylic acids is 1. The average Bonchev–Trinajstić information content (AvgIpc) is 2.23. The number of hydrogen-bond donors (Lipinski definition) is 2. The highest BCUT2D eigenvalue weighted by Gasteiger charge is 2.00. The fourth-order valence-corrected chi connectivity index (χ4v) is 1.19. The van der Waals surface area contributed by atoms with E-state index in [4.69, 9.17) is 28.0 Å². The number of hydroxylamine groups is 1. The monoisotopic (exact) mass is 248 g/mol. The van der Waals surface area contributed by atoms with Crippen LogP contribution in [0.25, 0.3) is 0 Å². The number of carbonyl (C=O) groups is 1. The van der Waals surface area contributed by atoms with E-state index in [9.17, 15) is 4.79 Å². The van der Waals surface area contributed by atoms with Crippen LogP contribution in [0.5, 0.6) is 0 Å². The van der Waals surface area contributed by atoms with E-state index in [-0.39, 0.29) is 6.61 Å². The fourth-order valence-electron chi connectivity index (χ4n) is 0.865. The number of benzene rings is 1. The predicted molar refractivity (Wildman–Crippen MR) is 58.8 cm³/mol. The van der Waals surface area contributed by atoms with Crippen molar-refractivity contribution in [3.05, 3.63) is 33.8 Å². The van der Waals surface area contributed by atoms with Gasteiger partial charge in [0, 0.05) is 7.05 Å². The molecule has 0 spiro atoms. The second-order valence-corrected chi connectivity index (χ2v) is 3.53. The molecule has 2 N–H and O–H groups in total. The Kier molecular flexibility index (Phi) is 4.68. The summed E-state index contributed by atoms with van der Waals surface area (Å²) in [5, 5.41) is 3.29. The van der Waals surface area contributed by atoms with Crippen LogP contribution in [0.15, 0.2) is 18.2 Å². The van der Waals surface area contributed by atoms with Crippen LogP contribution < -0.4 is 10.8 Å². The molecular formula is C9H10Cl2N2O2. The molecule has 1 aromatic rings. The van der Waals surface area contributed by atoms with Gasteiger partial charge in [0.1, 0.15) is 0 Å². The van der Waals surface area contributed by atoms with Gasteiger partial charge >= 0.3 is 6.03 Å². The molecule has 0 heterocycles. The molecule has 1 aromatic carbocycles. The third-order valence-electron chi connectivity index (χ3n) is 1.61. The molecular weight excluding hydrogens is 239 g/mol. The minimum atomic E-state index is -0.407. The Labute approximate surface area is 97.5 Å². The summed E-state index contributed by atoms with van der Waals surface area (Å²) in [6, 6.07) is 4.70. The van der Waals surface area contributed by atoms with Crippen LogP contribution in [0.3, 0.4) is 0 Å². The SMILES string of the molecule is CNC(=O)NOCc1ccc(Cl)c(Cl)c1. The van der Waals surface area contributed by atoms with Gasteiger partial charge in [0.05, 0.1) is 16.7 Å². The first kappa shape index (κ1) is 12.1. The smallest absolute Gasteiger partial charge is 0.338 e. The minimum absolute atomic E-state index is 0.226. The summed E-state index contributed by atoms with van der Waals surface area (Å²) < 4.78 is 0. The zero-order chi connectivity index (χ0) is 11.3. The van der Waals surface area contributed by atoms with Crippen molar-refractivity contribution in [2.75, 3.05) is 7.05 Å². The minimum Gasteiger partial charge on any atom is -0.339 e. The summed E-state index contributed by atoms with van der Waals surface area (Å²) in [6.45, 7) is 0.226. The van der Waals surface area contributed by atoms with Gasteiger partial charge in [0.15, 0.2) is 0 Å². The van der Waals surface area contributed by atoms with Crippen molar-refractivity contribution >= 4 is 29.2 Å². The van der Waals surface area contributed by atoms with Crippen molar-refractivity contribution in [1.82, 2.24) is 10.8 Å². The first-order valence-corrected chi connectivity index (χ1v) is 4.92. The molecule has 1 rings (SSSR count). The van der Waals surface area contributed by atoms with Crippen LogP contribution in [-0.2, 0) is 11.4 Å². The molecule has 0 bridgehead atoms. The van der Waals surface area contributed by atoms with E-state index in [2.05, 4.69) is 10.8 Å². The van der Waals surface area contributed by atoms with Gasteiger partial charge in [-0.3, -0.25) is 4.84 Å². The average molecular weight is 249 g/mol. The van der Waals surface area contributed by atoms with Crippen molar-refractivity contribution in [2.24, 2.45) is 0 Å². The topological polar surface area (TPSA) is 50.4 Å². The van der Waals surface area contributed by atoms with Crippen molar-refractivity contribution in [3.63, 3.8) is 0 Å². The highest BCUT2D eigenvalue weighted by Crippen LogP contribution is 2.22. The van der Waals surface area contributed by atoms with E-state index in [0.29, 0.717) is 10.0 Å². The molecule has 0 unspecified atom stereocenters. The second kappa shape index (κ2) is 5.80. The van der Waals surface area contributed by atoms with Gasteiger partial charge in [-0.2, -0.15) is 0 Å². The number of urea groups is 1.